The fourth-order valence-electron chi connectivity index (χ4n) is 4.89. The van der Waals surface area contributed by atoms with E-state index in [0.29, 0.717) is 0 Å². The third kappa shape index (κ3) is 5.90. The number of aromatic amines is 1. The number of carbonyl (C=O) groups excluding carboxylic acids is 3. The highest BCUT2D eigenvalue weighted by molar-refractivity contribution is 5.91. The second kappa shape index (κ2) is 12.6. The highest BCUT2D eigenvalue weighted by atomic mass is 16.7. The van der Waals surface area contributed by atoms with Crippen LogP contribution in [0.1, 0.15) is 43.0 Å². The maximum atomic E-state index is 13.4. The number of nitriles is 1. The van der Waals surface area contributed by atoms with Crippen molar-refractivity contribution in [3.05, 3.63) is 130 Å². The van der Waals surface area contributed by atoms with Crippen LogP contribution in [0, 0.1) is 11.3 Å². The van der Waals surface area contributed by atoms with Crippen LogP contribution >= 0.6 is 0 Å². The highest BCUT2D eigenvalue weighted by Gasteiger charge is 2.52. The Balaban J connectivity index is 1.41. The van der Waals surface area contributed by atoms with Crippen LogP contribution in [0.3, 0.4) is 0 Å². The van der Waals surface area contributed by atoms with Crippen molar-refractivity contribution in [3.8, 4) is 6.07 Å². The van der Waals surface area contributed by atoms with E-state index in [1.54, 1.807) is 78.9 Å². The lowest BCUT2D eigenvalue weighted by molar-refractivity contribution is -0.0654. The number of aromatic nitrogens is 4. The van der Waals surface area contributed by atoms with Crippen molar-refractivity contribution in [2.75, 3.05) is 6.61 Å². The van der Waals surface area contributed by atoms with Gasteiger partial charge in [-0.15, -0.1) is 0 Å². The third-order valence-corrected chi connectivity index (χ3v) is 7.02. The Labute approximate surface area is 254 Å². The number of hydrogen-bond donors (Lipinski definition) is 1. The largest absolute Gasteiger partial charge is 0.459 e. The average molecular weight is 606 g/mol. The molecule has 0 spiro atoms. The third-order valence-electron chi connectivity index (χ3n) is 7.02. The summed E-state index contributed by atoms with van der Waals surface area (Å²) in [6.07, 6.45) is -4.18. The van der Waals surface area contributed by atoms with E-state index in [2.05, 4.69) is 15.1 Å². The minimum atomic E-state index is -1.40. The number of esters is 3. The first-order valence-electron chi connectivity index (χ1n) is 13.7. The van der Waals surface area contributed by atoms with Crippen LogP contribution in [0.2, 0.25) is 0 Å². The maximum Gasteiger partial charge on any atom is 0.338 e. The molecule has 0 saturated carbocycles. The summed E-state index contributed by atoms with van der Waals surface area (Å²) in [4.78, 5) is 58.7. The summed E-state index contributed by atoms with van der Waals surface area (Å²) in [7, 11) is 0. The molecule has 45 heavy (non-hydrogen) atoms. The summed E-state index contributed by atoms with van der Waals surface area (Å²) >= 11 is 0. The molecule has 0 bridgehead atoms. The number of carbonyl (C=O) groups is 3. The van der Waals surface area contributed by atoms with Gasteiger partial charge in [-0.25, -0.2) is 24.0 Å². The van der Waals surface area contributed by atoms with E-state index in [9.17, 15) is 24.4 Å². The molecule has 0 amide bonds. The summed E-state index contributed by atoms with van der Waals surface area (Å²) in [5.41, 5.74) is -0.250. The maximum absolute atomic E-state index is 13.4. The van der Waals surface area contributed by atoms with Crippen molar-refractivity contribution in [1.29, 1.82) is 5.26 Å². The van der Waals surface area contributed by atoms with Gasteiger partial charge in [0.2, 0.25) is 0 Å². The lowest BCUT2D eigenvalue weighted by Crippen LogP contribution is -2.41. The molecule has 1 saturated heterocycles. The first-order valence-corrected chi connectivity index (χ1v) is 13.7. The number of fused-ring (bicyclic) bond motifs is 1. The lowest BCUT2D eigenvalue weighted by Gasteiger charge is -2.24. The van der Waals surface area contributed by atoms with Crippen molar-refractivity contribution >= 4 is 28.9 Å². The molecular weight excluding hydrogens is 582 g/mol. The minimum Gasteiger partial charge on any atom is -0.459 e. The standard InChI is InChI=1S/C32H23N5O8/c33-16-22-24-27(34-18-35-28(24)38)37(36-22)29-26(45-32(41)21-14-8-3-9-15-21)25(44-31(40)20-12-6-2-7-13-20)23(43-29)17-42-30(39)19-10-4-1-5-11-19/h1-15,18,23,25-26,29H,17H2,(H,34,35,38)/t23-,25+,26+,29-/m1/s1. The van der Waals surface area contributed by atoms with Crippen LogP contribution in [0.15, 0.2) is 102 Å². The van der Waals surface area contributed by atoms with Crippen LogP contribution in [0.5, 0.6) is 0 Å². The van der Waals surface area contributed by atoms with Crippen LogP contribution in [0.25, 0.3) is 11.0 Å². The summed E-state index contributed by atoms with van der Waals surface area (Å²) in [6, 6.07) is 26.3. The van der Waals surface area contributed by atoms with E-state index in [1.165, 1.54) is 12.1 Å². The Hall–Kier alpha value is -6.13. The number of ether oxygens (including phenoxy) is 4. The van der Waals surface area contributed by atoms with Crippen molar-refractivity contribution in [2.24, 2.45) is 0 Å². The van der Waals surface area contributed by atoms with Gasteiger partial charge in [-0.2, -0.15) is 10.4 Å². The molecule has 0 unspecified atom stereocenters. The van der Waals surface area contributed by atoms with Gasteiger partial charge in [0.25, 0.3) is 5.56 Å². The SMILES string of the molecule is N#Cc1nn([C@@H]2O[C@H](COC(=O)c3ccccc3)[C@H](OC(=O)c3ccccc3)[C@@H]2OC(=O)c2ccccc2)c2nc[nH]c(=O)c12. The molecule has 1 aliphatic rings. The molecule has 0 aliphatic carbocycles. The van der Waals surface area contributed by atoms with Crippen molar-refractivity contribution in [3.63, 3.8) is 0 Å². The molecule has 1 aliphatic heterocycles. The van der Waals surface area contributed by atoms with Gasteiger partial charge < -0.3 is 23.9 Å². The minimum absolute atomic E-state index is 0.0453. The molecule has 13 nitrogen and oxygen atoms in total. The van der Waals surface area contributed by atoms with E-state index >= 15 is 0 Å². The van der Waals surface area contributed by atoms with E-state index in [0.717, 1.165) is 11.0 Å². The zero-order valence-corrected chi connectivity index (χ0v) is 23.3. The molecule has 3 aromatic carbocycles. The van der Waals surface area contributed by atoms with Gasteiger partial charge >= 0.3 is 17.9 Å². The molecule has 13 heteroatoms. The second-order valence-corrected chi connectivity index (χ2v) is 9.84. The van der Waals surface area contributed by atoms with Crippen LogP contribution in [0.4, 0.5) is 0 Å². The lowest BCUT2D eigenvalue weighted by atomic mass is 10.1. The smallest absolute Gasteiger partial charge is 0.338 e. The fraction of sp³-hybridized carbons (Fsp3) is 0.156. The molecule has 4 atom stereocenters. The van der Waals surface area contributed by atoms with Crippen LogP contribution in [-0.4, -0.2) is 62.6 Å². The summed E-state index contributed by atoms with van der Waals surface area (Å²) in [5, 5.41) is 13.8. The zero-order chi connectivity index (χ0) is 31.3. The van der Waals surface area contributed by atoms with Crippen LogP contribution < -0.4 is 5.56 Å². The molecule has 1 N–H and O–H groups in total. The summed E-state index contributed by atoms with van der Waals surface area (Å²) < 4.78 is 24.7. The fourth-order valence-corrected chi connectivity index (χ4v) is 4.89. The van der Waals surface area contributed by atoms with Crippen molar-refractivity contribution in [2.45, 2.75) is 24.5 Å². The normalized spacial score (nSPS) is 19.0. The molecule has 3 heterocycles. The first-order chi connectivity index (χ1) is 21.9. The molecule has 6 rings (SSSR count). The summed E-state index contributed by atoms with van der Waals surface area (Å²) in [5.74, 6) is -2.21. The van der Waals surface area contributed by atoms with Gasteiger partial charge in [-0.3, -0.25) is 4.79 Å². The number of nitrogens with one attached hydrogen (secondary N) is 1. The van der Waals surface area contributed by atoms with Gasteiger partial charge in [-0.05, 0) is 36.4 Å². The Morgan fingerprint density at radius 1 is 0.822 bits per heavy atom. The Bertz CT molecular complexity index is 1950. The monoisotopic (exact) mass is 605 g/mol. The molecule has 224 valence electrons. The predicted molar refractivity (Wildman–Crippen MR) is 155 cm³/mol. The molecule has 1 fully saturated rings. The number of benzene rings is 3. The van der Waals surface area contributed by atoms with E-state index < -0.39 is 54.6 Å². The Kier molecular flexibility index (Phi) is 8.12. The highest BCUT2D eigenvalue weighted by Crippen LogP contribution is 2.36. The first kappa shape index (κ1) is 29.0. The van der Waals surface area contributed by atoms with Crippen LogP contribution in [-0.2, 0) is 18.9 Å². The van der Waals surface area contributed by atoms with E-state index in [4.69, 9.17) is 18.9 Å². The van der Waals surface area contributed by atoms with Gasteiger partial charge in [0, 0.05) is 0 Å². The number of hydrogen-bond acceptors (Lipinski definition) is 11. The zero-order valence-electron chi connectivity index (χ0n) is 23.3. The Morgan fingerprint density at radius 2 is 1.36 bits per heavy atom. The van der Waals surface area contributed by atoms with E-state index in [-0.39, 0.29) is 33.4 Å². The second-order valence-electron chi connectivity index (χ2n) is 9.84. The number of H-pyrrole nitrogens is 1. The number of rotatable bonds is 8. The molecule has 0 radical (unpaired) electrons. The predicted octanol–water partition coefficient (Wildman–Crippen LogP) is 3.20. The quantitative estimate of drug-likeness (QED) is 0.203. The topological polar surface area (TPSA) is 175 Å². The van der Waals surface area contributed by atoms with Gasteiger partial charge in [0.05, 0.1) is 23.0 Å². The Morgan fingerprint density at radius 3 is 1.91 bits per heavy atom. The average Bonchev–Trinajstić information content (AvgIpc) is 3.63. The molecular formula is C32H23N5O8. The molecule has 2 aromatic heterocycles. The van der Waals surface area contributed by atoms with E-state index in [1.807, 2.05) is 6.07 Å². The molecule has 5 aromatic rings. The van der Waals surface area contributed by atoms with Gasteiger partial charge in [-0.1, -0.05) is 54.6 Å². The van der Waals surface area contributed by atoms with Gasteiger partial charge in [0.1, 0.15) is 24.2 Å². The van der Waals surface area contributed by atoms with Crippen molar-refractivity contribution in [1.82, 2.24) is 19.7 Å². The van der Waals surface area contributed by atoms with Crippen molar-refractivity contribution < 1.29 is 33.3 Å². The van der Waals surface area contributed by atoms with Gasteiger partial charge in [0.15, 0.2) is 29.8 Å². The number of nitrogens with zero attached hydrogens (tertiary/aromatic N) is 4. The summed E-state index contributed by atoms with van der Waals surface area (Å²) in [6.45, 7) is -0.422.